The second-order valence-corrected chi connectivity index (χ2v) is 11.8. The third-order valence-corrected chi connectivity index (χ3v) is 8.47. The zero-order valence-electron chi connectivity index (χ0n) is 22.9. The lowest BCUT2D eigenvalue weighted by Crippen LogP contribution is -2.54. The molecule has 0 bridgehead atoms. The molecule has 0 aromatic carbocycles. The molecule has 2 saturated heterocycles. The second kappa shape index (κ2) is 9.91. The van der Waals surface area contributed by atoms with Crippen LogP contribution in [0, 0.1) is 5.92 Å². The first-order valence-corrected chi connectivity index (χ1v) is 13.8. The van der Waals surface area contributed by atoms with Crippen molar-refractivity contribution < 1.29 is 9.02 Å². The molecule has 1 aliphatic carbocycles. The Balaban J connectivity index is 0.00000154. The van der Waals surface area contributed by atoms with Gasteiger partial charge in [-0.2, -0.15) is 4.98 Å². The van der Waals surface area contributed by atoms with E-state index < -0.39 is 0 Å². The van der Waals surface area contributed by atoms with Crippen LogP contribution in [0.2, 0.25) is 0 Å². The zero-order chi connectivity index (χ0) is 26.3. The standard InChI is InChI=1S/C30H39N7O.3H2/c1-29(2)15-25-30(3,19-38-29)24-18-33-28(35-22-8-5-7-20(11-12-22)21-13-14-32-16-21)36-27(24)37(25)26-10-6-9-23(34-26)17-31-4;;;/h5-6,8-12,18,21,25,31-32H,7,13-17,19H2,1-4H3,(H,33,35,36);3*1H/t21-,25-,30-;;;/m1.../s1. The van der Waals surface area contributed by atoms with Gasteiger partial charge in [-0.1, -0.05) is 30.7 Å². The first-order chi connectivity index (χ1) is 18.4. The Bertz CT molecular complexity index is 1310. The van der Waals surface area contributed by atoms with Crippen molar-refractivity contribution >= 4 is 17.6 Å². The van der Waals surface area contributed by atoms with Crippen LogP contribution < -0.4 is 20.9 Å². The van der Waals surface area contributed by atoms with Crippen LogP contribution in [0.3, 0.4) is 0 Å². The SMILES string of the molecule is CNCc1cccc(N2c3nc(NC4=CC=C([C@@H]5CCNC5)CC=C4)ncc3[C@@]3(C)COC(C)(C)C[C@@H]23)n1.[HH].[HH].[HH]. The van der Waals surface area contributed by atoms with Gasteiger partial charge in [-0.25, -0.2) is 9.97 Å². The molecule has 4 aliphatic rings. The summed E-state index contributed by atoms with van der Waals surface area (Å²) in [7, 11) is 1.95. The highest BCUT2D eigenvalue weighted by molar-refractivity contribution is 5.70. The zero-order valence-corrected chi connectivity index (χ0v) is 22.9. The summed E-state index contributed by atoms with van der Waals surface area (Å²) in [6, 6.07) is 6.41. The highest BCUT2D eigenvalue weighted by atomic mass is 16.5. The maximum Gasteiger partial charge on any atom is 0.229 e. The lowest BCUT2D eigenvalue weighted by atomic mass is 9.73. The third kappa shape index (κ3) is 4.65. The van der Waals surface area contributed by atoms with Crippen LogP contribution in [-0.4, -0.2) is 53.3 Å². The first-order valence-electron chi connectivity index (χ1n) is 13.8. The van der Waals surface area contributed by atoms with Crippen LogP contribution in [-0.2, 0) is 16.7 Å². The van der Waals surface area contributed by atoms with Crippen LogP contribution in [0.15, 0.2) is 60.0 Å². The summed E-state index contributed by atoms with van der Waals surface area (Å²) in [5, 5.41) is 10.2. The van der Waals surface area contributed by atoms with Gasteiger partial charge in [0, 0.05) is 40.2 Å². The van der Waals surface area contributed by atoms with Crippen molar-refractivity contribution in [2.24, 2.45) is 5.92 Å². The minimum atomic E-state index is -0.226. The van der Waals surface area contributed by atoms with Gasteiger partial charge in [0.1, 0.15) is 11.6 Å². The second-order valence-electron chi connectivity index (χ2n) is 11.8. The summed E-state index contributed by atoms with van der Waals surface area (Å²) in [5.41, 5.74) is 4.15. The van der Waals surface area contributed by atoms with Gasteiger partial charge in [0.2, 0.25) is 5.95 Å². The Labute approximate surface area is 230 Å². The van der Waals surface area contributed by atoms with Crippen molar-refractivity contribution in [2.75, 3.05) is 37.0 Å². The number of fused-ring (bicyclic) bond motifs is 3. The molecule has 5 heterocycles. The Morgan fingerprint density at radius 3 is 2.92 bits per heavy atom. The van der Waals surface area contributed by atoms with E-state index in [1.807, 2.05) is 13.2 Å². The smallest absolute Gasteiger partial charge is 0.229 e. The van der Waals surface area contributed by atoms with E-state index in [2.05, 4.69) is 84.1 Å². The van der Waals surface area contributed by atoms with Gasteiger partial charge < -0.3 is 25.6 Å². The molecule has 6 rings (SSSR count). The molecule has 206 valence electrons. The lowest BCUT2D eigenvalue weighted by Gasteiger charge is -2.46. The van der Waals surface area contributed by atoms with Crippen molar-refractivity contribution in [3.8, 4) is 0 Å². The Hall–Kier alpha value is -3.07. The summed E-state index contributed by atoms with van der Waals surface area (Å²) in [6.07, 6.45) is 13.9. The molecule has 3 N–H and O–H groups in total. The summed E-state index contributed by atoms with van der Waals surface area (Å²) in [6.45, 7) is 10.1. The van der Waals surface area contributed by atoms with Crippen molar-refractivity contribution in [1.29, 1.82) is 0 Å². The molecule has 8 heteroatoms. The predicted octanol–water partition coefficient (Wildman–Crippen LogP) is 5.10. The summed E-state index contributed by atoms with van der Waals surface area (Å²) < 4.78 is 6.35. The molecule has 0 spiro atoms. The van der Waals surface area contributed by atoms with Gasteiger partial charge in [0.05, 0.1) is 23.9 Å². The van der Waals surface area contributed by atoms with Crippen molar-refractivity contribution in [3.05, 3.63) is 71.2 Å². The Morgan fingerprint density at radius 2 is 2.11 bits per heavy atom. The maximum absolute atomic E-state index is 6.35. The molecule has 0 amide bonds. The molecule has 0 unspecified atom stereocenters. The van der Waals surface area contributed by atoms with Crippen molar-refractivity contribution in [1.82, 2.24) is 25.6 Å². The van der Waals surface area contributed by atoms with E-state index in [1.54, 1.807) is 0 Å². The molecule has 0 radical (unpaired) electrons. The number of nitrogens with one attached hydrogen (secondary N) is 3. The van der Waals surface area contributed by atoms with E-state index in [1.165, 1.54) is 12.0 Å². The quantitative estimate of drug-likeness (QED) is 0.486. The topological polar surface area (TPSA) is 87.2 Å². The fourth-order valence-corrected chi connectivity index (χ4v) is 6.27. The minimum absolute atomic E-state index is 0. The molecule has 2 fully saturated rings. The summed E-state index contributed by atoms with van der Waals surface area (Å²) in [5.74, 6) is 3.05. The van der Waals surface area contributed by atoms with Crippen molar-refractivity contribution in [3.63, 3.8) is 0 Å². The largest absolute Gasteiger partial charge is 0.374 e. The number of nitrogens with zero attached hydrogens (tertiary/aromatic N) is 4. The van der Waals surface area contributed by atoms with E-state index in [9.17, 15) is 0 Å². The molecule has 3 aliphatic heterocycles. The summed E-state index contributed by atoms with van der Waals surface area (Å²) >= 11 is 0. The predicted molar refractivity (Wildman–Crippen MR) is 158 cm³/mol. The molecule has 8 nitrogen and oxygen atoms in total. The average Bonchev–Trinajstić information content (AvgIpc) is 3.43. The fourth-order valence-electron chi connectivity index (χ4n) is 6.27. The lowest BCUT2D eigenvalue weighted by molar-refractivity contribution is -0.0893. The van der Waals surface area contributed by atoms with Crippen LogP contribution in [0.25, 0.3) is 0 Å². The van der Waals surface area contributed by atoms with Crippen molar-refractivity contribution in [2.45, 2.75) is 63.6 Å². The minimum Gasteiger partial charge on any atom is -0.374 e. The molecule has 3 atom stereocenters. The Morgan fingerprint density at radius 1 is 1.21 bits per heavy atom. The van der Waals surface area contributed by atoms with Gasteiger partial charge in [0.25, 0.3) is 0 Å². The third-order valence-electron chi connectivity index (χ3n) is 8.47. The van der Waals surface area contributed by atoms with Crippen LogP contribution in [0.4, 0.5) is 17.6 Å². The average molecular weight is 520 g/mol. The molecule has 0 saturated carbocycles. The van der Waals surface area contributed by atoms with Crippen LogP contribution >= 0.6 is 0 Å². The normalized spacial score (nSPS) is 27.8. The van der Waals surface area contributed by atoms with Crippen LogP contribution in [0.5, 0.6) is 0 Å². The molecular weight excluding hydrogens is 474 g/mol. The Kier molecular flexibility index (Phi) is 6.58. The van der Waals surface area contributed by atoms with Gasteiger partial charge in [-0.05, 0) is 76.9 Å². The number of rotatable bonds is 6. The fraction of sp³-hybridized carbons (Fsp3) is 0.500. The van der Waals surface area contributed by atoms with E-state index in [0.717, 1.165) is 54.5 Å². The number of hydrogen-bond donors (Lipinski definition) is 3. The van der Waals surface area contributed by atoms with Gasteiger partial charge in [-0.15, -0.1) is 0 Å². The van der Waals surface area contributed by atoms with Gasteiger partial charge in [0.15, 0.2) is 0 Å². The highest BCUT2D eigenvalue weighted by Gasteiger charge is 2.55. The van der Waals surface area contributed by atoms with E-state index in [-0.39, 0.29) is 21.3 Å². The number of anilines is 3. The van der Waals surface area contributed by atoms with E-state index in [4.69, 9.17) is 19.7 Å². The first kappa shape index (κ1) is 25.2. The van der Waals surface area contributed by atoms with E-state index >= 15 is 0 Å². The molecular formula is C30H45N7O. The summed E-state index contributed by atoms with van der Waals surface area (Å²) in [4.78, 5) is 17.2. The number of aromatic nitrogens is 3. The number of pyridine rings is 1. The molecule has 2 aromatic rings. The number of allylic oxidation sites excluding steroid dienone is 4. The number of hydrogen-bond acceptors (Lipinski definition) is 8. The van der Waals surface area contributed by atoms with Gasteiger partial charge in [-0.3, -0.25) is 0 Å². The number of ether oxygens (including phenoxy) is 1. The van der Waals surface area contributed by atoms with Gasteiger partial charge >= 0.3 is 0 Å². The molecule has 38 heavy (non-hydrogen) atoms. The monoisotopic (exact) mass is 519 g/mol. The van der Waals surface area contributed by atoms with Crippen LogP contribution in [0.1, 0.15) is 55.6 Å². The maximum atomic E-state index is 6.35. The van der Waals surface area contributed by atoms with E-state index in [0.29, 0.717) is 25.0 Å². The highest BCUT2D eigenvalue weighted by Crippen LogP contribution is 2.52. The molecule has 2 aromatic heterocycles.